The van der Waals surface area contributed by atoms with Crippen LogP contribution in [0.15, 0.2) is 54.6 Å². The third kappa shape index (κ3) is 4.83. The quantitative estimate of drug-likeness (QED) is 0.588. The van der Waals surface area contributed by atoms with E-state index in [0.717, 1.165) is 42.9 Å². The number of ketones is 1. The summed E-state index contributed by atoms with van der Waals surface area (Å²) in [5.41, 5.74) is 5.15. The number of aromatic nitrogens is 2. The molecule has 6 nitrogen and oxygen atoms in total. The third-order valence-corrected chi connectivity index (χ3v) is 5.47. The number of fused-ring (bicyclic) bond motifs is 1. The maximum absolute atomic E-state index is 12.4. The summed E-state index contributed by atoms with van der Waals surface area (Å²) in [6.07, 6.45) is 1.16. The number of nitrogens with zero attached hydrogens (tertiary/aromatic N) is 2. The van der Waals surface area contributed by atoms with Crippen LogP contribution in [0.2, 0.25) is 0 Å². The lowest BCUT2D eigenvalue weighted by molar-refractivity contribution is -0.116. The largest absolute Gasteiger partial charge is 0.309 e. The fourth-order valence-corrected chi connectivity index (χ4v) is 3.76. The zero-order valence-electron chi connectivity index (χ0n) is 17.1. The summed E-state index contributed by atoms with van der Waals surface area (Å²) in [6, 6.07) is 17.8. The smallest absolute Gasteiger partial charge is 0.226 e. The molecule has 0 unspecified atom stereocenters. The number of hydrogen-bond acceptors (Lipinski definition) is 4. The molecule has 30 heavy (non-hydrogen) atoms. The SMILES string of the molecule is Cc1ccc(C(=O)CCC(=O)Nc2n[nH]c3c2CCN(Cc2ccccc2)C3)cc1. The zero-order valence-corrected chi connectivity index (χ0v) is 17.1. The highest BCUT2D eigenvalue weighted by molar-refractivity contribution is 6.00. The monoisotopic (exact) mass is 402 g/mol. The van der Waals surface area contributed by atoms with Gasteiger partial charge in [-0.1, -0.05) is 60.2 Å². The maximum Gasteiger partial charge on any atom is 0.226 e. The average Bonchev–Trinajstić information content (AvgIpc) is 3.15. The molecule has 3 aromatic rings. The standard InChI is InChI=1S/C24H26N4O2/c1-17-7-9-19(10-8-17)22(29)11-12-23(30)25-24-20-13-14-28(16-21(20)26-27-24)15-18-5-3-2-4-6-18/h2-10H,11-16H2,1H3,(H2,25,26,27,30). The number of H-pyrrole nitrogens is 1. The molecule has 4 rings (SSSR count). The fourth-order valence-electron chi connectivity index (χ4n) is 3.76. The summed E-state index contributed by atoms with van der Waals surface area (Å²) < 4.78 is 0. The second-order valence-electron chi connectivity index (χ2n) is 7.81. The van der Waals surface area contributed by atoms with E-state index >= 15 is 0 Å². The minimum Gasteiger partial charge on any atom is -0.309 e. The number of carbonyl (C=O) groups excluding carboxylic acids is 2. The van der Waals surface area contributed by atoms with Crippen molar-refractivity contribution in [2.75, 3.05) is 11.9 Å². The predicted molar refractivity (Wildman–Crippen MR) is 116 cm³/mol. The van der Waals surface area contributed by atoms with Gasteiger partial charge in [-0.25, -0.2) is 0 Å². The summed E-state index contributed by atoms with van der Waals surface area (Å²) in [5, 5.41) is 10.3. The molecular formula is C24H26N4O2. The van der Waals surface area contributed by atoms with Gasteiger partial charge in [0.1, 0.15) is 0 Å². The number of amides is 1. The van der Waals surface area contributed by atoms with Gasteiger partial charge in [-0.15, -0.1) is 0 Å². The molecule has 0 aliphatic carbocycles. The molecule has 0 bridgehead atoms. The van der Waals surface area contributed by atoms with E-state index in [-0.39, 0.29) is 24.5 Å². The Morgan fingerprint density at radius 1 is 1.07 bits per heavy atom. The van der Waals surface area contributed by atoms with E-state index in [0.29, 0.717) is 11.4 Å². The number of Topliss-reactive ketones (excluding diaryl/α,β-unsaturated/α-hetero) is 1. The Hall–Kier alpha value is -3.25. The molecule has 0 spiro atoms. The normalized spacial score (nSPS) is 13.6. The maximum atomic E-state index is 12.4. The number of rotatable bonds is 7. The van der Waals surface area contributed by atoms with Crippen LogP contribution >= 0.6 is 0 Å². The molecule has 0 atom stereocenters. The Labute approximate surface area is 176 Å². The van der Waals surface area contributed by atoms with Gasteiger partial charge in [0.05, 0.1) is 5.69 Å². The number of anilines is 1. The van der Waals surface area contributed by atoms with Crippen molar-refractivity contribution in [3.05, 3.63) is 82.5 Å². The van der Waals surface area contributed by atoms with Crippen LogP contribution in [0.1, 0.15) is 45.6 Å². The molecule has 0 saturated heterocycles. The minimum atomic E-state index is -0.184. The van der Waals surface area contributed by atoms with Gasteiger partial charge >= 0.3 is 0 Å². The van der Waals surface area contributed by atoms with E-state index in [1.807, 2.05) is 25.1 Å². The summed E-state index contributed by atoms with van der Waals surface area (Å²) in [5.74, 6) is 0.388. The molecule has 1 aliphatic heterocycles. The van der Waals surface area contributed by atoms with Crippen molar-refractivity contribution >= 4 is 17.5 Å². The molecule has 0 radical (unpaired) electrons. The fraction of sp³-hybridized carbons (Fsp3) is 0.292. The summed E-state index contributed by atoms with van der Waals surface area (Å²) >= 11 is 0. The molecule has 1 aliphatic rings. The van der Waals surface area contributed by atoms with E-state index in [9.17, 15) is 9.59 Å². The molecule has 1 aromatic heterocycles. The van der Waals surface area contributed by atoms with Gasteiger partial charge in [0.25, 0.3) is 0 Å². The van der Waals surface area contributed by atoms with Gasteiger partial charge in [-0.2, -0.15) is 5.10 Å². The molecule has 2 heterocycles. The number of benzene rings is 2. The summed E-state index contributed by atoms with van der Waals surface area (Å²) in [6.45, 7) is 4.56. The van der Waals surface area contributed by atoms with Crippen LogP contribution in [0.4, 0.5) is 5.82 Å². The summed E-state index contributed by atoms with van der Waals surface area (Å²) in [7, 11) is 0. The number of aromatic amines is 1. The van der Waals surface area contributed by atoms with E-state index in [1.165, 1.54) is 5.56 Å². The zero-order chi connectivity index (χ0) is 20.9. The van der Waals surface area contributed by atoms with Crippen molar-refractivity contribution in [3.63, 3.8) is 0 Å². The van der Waals surface area contributed by atoms with Crippen molar-refractivity contribution in [1.82, 2.24) is 15.1 Å². The Morgan fingerprint density at radius 3 is 2.60 bits per heavy atom. The molecule has 0 fully saturated rings. The second kappa shape index (κ2) is 9.05. The van der Waals surface area contributed by atoms with Gasteiger partial charge in [0.2, 0.25) is 5.91 Å². The molecule has 6 heteroatoms. The topological polar surface area (TPSA) is 78.1 Å². The Morgan fingerprint density at radius 2 is 1.83 bits per heavy atom. The Bertz CT molecular complexity index is 1030. The van der Waals surface area contributed by atoms with E-state index in [1.54, 1.807) is 12.1 Å². The number of nitrogens with one attached hydrogen (secondary N) is 2. The first-order valence-corrected chi connectivity index (χ1v) is 10.3. The number of aryl methyl sites for hydroxylation is 1. The lowest BCUT2D eigenvalue weighted by atomic mass is 10.0. The molecule has 154 valence electrons. The second-order valence-corrected chi connectivity index (χ2v) is 7.81. The van der Waals surface area contributed by atoms with Gasteiger partial charge in [0, 0.05) is 43.6 Å². The van der Waals surface area contributed by atoms with Crippen molar-refractivity contribution < 1.29 is 9.59 Å². The van der Waals surface area contributed by atoms with E-state index in [4.69, 9.17) is 0 Å². The molecule has 2 aromatic carbocycles. The first kappa shape index (κ1) is 20.0. The van der Waals surface area contributed by atoms with Crippen LogP contribution < -0.4 is 5.32 Å². The van der Waals surface area contributed by atoms with Crippen molar-refractivity contribution in [2.45, 2.75) is 39.3 Å². The van der Waals surface area contributed by atoms with Crippen LogP contribution in [-0.2, 0) is 24.3 Å². The molecule has 0 saturated carbocycles. The molecular weight excluding hydrogens is 376 g/mol. The summed E-state index contributed by atoms with van der Waals surface area (Å²) in [4.78, 5) is 27.0. The van der Waals surface area contributed by atoms with Crippen LogP contribution in [-0.4, -0.2) is 33.3 Å². The highest BCUT2D eigenvalue weighted by atomic mass is 16.2. The van der Waals surface area contributed by atoms with Crippen LogP contribution in [0.25, 0.3) is 0 Å². The van der Waals surface area contributed by atoms with Gasteiger partial charge in [0.15, 0.2) is 11.6 Å². The molecule has 2 N–H and O–H groups in total. The third-order valence-electron chi connectivity index (χ3n) is 5.47. The molecule has 1 amide bonds. The van der Waals surface area contributed by atoms with Crippen molar-refractivity contribution in [1.29, 1.82) is 0 Å². The predicted octanol–water partition coefficient (Wildman–Crippen LogP) is 3.88. The lowest BCUT2D eigenvalue weighted by Gasteiger charge is -2.26. The van der Waals surface area contributed by atoms with Crippen LogP contribution in [0.5, 0.6) is 0 Å². The Kier molecular flexibility index (Phi) is 6.05. The average molecular weight is 402 g/mol. The number of hydrogen-bond donors (Lipinski definition) is 2. The van der Waals surface area contributed by atoms with Gasteiger partial charge < -0.3 is 5.32 Å². The van der Waals surface area contributed by atoms with Crippen molar-refractivity contribution in [2.24, 2.45) is 0 Å². The van der Waals surface area contributed by atoms with Crippen LogP contribution in [0, 0.1) is 6.92 Å². The lowest BCUT2D eigenvalue weighted by Crippen LogP contribution is -2.30. The Balaban J connectivity index is 1.30. The minimum absolute atomic E-state index is 0.0224. The highest BCUT2D eigenvalue weighted by Gasteiger charge is 2.23. The first-order chi connectivity index (χ1) is 14.6. The van der Waals surface area contributed by atoms with Gasteiger partial charge in [-0.05, 0) is 18.9 Å². The van der Waals surface area contributed by atoms with Gasteiger partial charge in [-0.3, -0.25) is 19.6 Å². The van der Waals surface area contributed by atoms with Crippen molar-refractivity contribution in [3.8, 4) is 0 Å². The van der Waals surface area contributed by atoms with Crippen LogP contribution in [0.3, 0.4) is 0 Å². The first-order valence-electron chi connectivity index (χ1n) is 10.3. The van der Waals surface area contributed by atoms with E-state index in [2.05, 4.69) is 44.7 Å². The van der Waals surface area contributed by atoms with E-state index < -0.39 is 0 Å². The highest BCUT2D eigenvalue weighted by Crippen LogP contribution is 2.25. The number of carbonyl (C=O) groups is 2.